The molecule has 224 valence electrons. The van der Waals surface area contributed by atoms with Gasteiger partial charge in [-0.2, -0.15) is 5.26 Å². The molecule has 8 heteroatoms. The number of hydrogen-bond donors (Lipinski definition) is 3. The van der Waals surface area contributed by atoms with Crippen molar-refractivity contribution in [3.8, 4) is 11.9 Å². The van der Waals surface area contributed by atoms with E-state index in [4.69, 9.17) is 9.73 Å². The summed E-state index contributed by atoms with van der Waals surface area (Å²) >= 11 is 0. The molecule has 1 fully saturated rings. The van der Waals surface area contributed by atoms with E-state index in [0.29, 0.717) is 35.6 Å². The van der Waals surface area contributed by atoms with Gasteiger partial charge in [0, 0.05) is 50.2 Å². The molecule has 3 N–H and O–H groups in total. The lowest BCUT2D eigenvalue weighted by molar-refractivity contribution is 0.139. The number of allylic oxidation sites excluding steroid dienone is 6. The summed E-state index contributed by atoms with van der Waals surface area (Å²) in [4.78, 5) is 25.3. The summed E-state index contributed by atoms with van der Waals surface area (Å²) in [6.45, 7) is 16.4. The molecule has 1 unspecified atom stereocenters. The lowest BCUT2D eigenvalue weighted by Gasteiger charge is -2.16. The Morgan fingerprint density at radius 2 is 2.00 bits per heavy atom. The van der Waals surface area contributed by atoms with Crippen LogP contribution < -0.4 is 5.69 Å². The SMILES string of the molecule is C=C=CC(C/C(=C\C(=C)C(=C)/C(C=NC)=C\c1[nH]c(=O)[nH]c1O)C(C#N)CCC1CC1)=NCCC=CCCOCCC. The van der Waals surface area contributed by atoms with Crippen LogP contribution >= 0.6 is 0 Å². The predicted octanol–water partition coefficient (Wildman–Crippen LogP) is 6.80. The smallest absolute Gasteiger partial charge is 0.326 e. The van der Waals surface area contributed by atoms with Crippen molar-refractivity contribution in [3.05, 3.63) is 88.2 Å². The first-order chi connectivity index (χ1) is 20.3. The van der Waals surface area contributed by atoms with E-state index in [1.807, 2.05) is 6.08 Å². The van der Waals surface area contributed by atoms with Crippen LogP contribution in [-0.4, -0.2) is 53.8 Å². The minimum atomic E-state index is -0.524. The van der Waals surface area contributed by atoms with Crippen LogP contribution in [0.2, 0.25) is 0 Å². The van der Waals surface area contributed by atoms with Crippen molar-refractivity contribution in [3.63, 3.8) is 0 Å². The van der Waals surface area contributed by atoms with E-state index in [0.717, 1.165) is 56.6 Å². The first kappa shape index (κ1) is 34.0. The van der Waals surface area contributed by atoms with Crippen LogP contribution in [0.1, 0.15) is 64.0 Å². The van der Waals surface area contributed by atoms with Gasteiger partial charge in [-0.1, -0.05) is 57.7 Å². The zero-order valence-corrected chi connectivity index (χ0v) is 25.1. The van der Waals surface area contributed by atoms with Crippen molar-refractivity contribution in [1.82, 2.24) is 9.97 Å². The Morgan fingerprint density at radius 1 is 1.24 bits per heavy atom. The average Bonchev–Trinajstić information content (AvgIpc) is 3.74. The molecular formula is C34H45N5O3. The van der Waals surface area contributed by atoms with E-state index in [1.54, 1.807) is 25.4 Å². The highest BCUT2D eigenvalue weighted by Gasteiger charge is 2.24. The maximum absolute atomic E-state index is 11.6. The monoisotopic (exact) mass is 571 g/mol. The van der Waals surface area contributed by atoms with Gasteiger partial charge in [0.1, 0.15) is 5.69 Å². The Hall–Kier alpha value is -4.18. The average molecular weight is 572 g/mol. The maximum atomic E-state index is 11.6. The molecule has 1 atom stereocenters. The molecular weight excluding hydrogens is 526 g/mol. The first-order valence-corrected chi connectivity index (χ1v) is 14.6. The van der Waals surface area contributed by atoms with Gasteiger partial charge in [-0.05, 0) is 60.8 Å². The van der Waals surface area contributed by atoms with E-state index < -0.39 is 5.69 Å². The first-order valence-electron chi connectivity index (χ1n) is 14.6. The van der Waals surface area contributed by atoms with Crippen LogP contribution in [0, 0.1) is 23.2 Å². The molecule has 8 nitrogen and oxygen atoms in total. The summed E-state index contributed by atoms with van der Waals surface area (Å²) in [6.07, 6.45) is 18.4. The third kappa shape index (κ3) is 12.6. The predicted molar refractivity (Wildman–Crippen MR) is 173 cm³/mol. The number of ether oxygens (including phenoxy) is 1. The second-order valence-electron chi connectivity index (χ2n) is 10.3. The van der Waals surface area contributed by atoms with Gasteiger partial charge < -0.3 is 14.8 Å². The molecule has 2 rings (SSSR count). The fourth-order valence-electron chi connectivity index (χ4n) is 4.30. The minimum Gasteiger partial charge on any atom is -0.493 e. The molecule has 0 bridgehead atoms. The van der Waals surface area contributed by atoms with Crippen molar-refractivity contribution in [2.45, 2.75) is 58.3 Å². The van der Waals surface area contributed by atoms with Crippen molar-refractivity contribution >= 4 is 18.0 Å². The van der Waals surface area contributed by atoms with Crippen LogP contribution in [-0.2, 0) is 4.74 Å². The van der Waals surface area contributed by atoms with Crippen LogP contribution in [0.5, 0.6) is 5.88 Å². The van der Waals surface area contributed by atoms with Gasteiger partial charge in [-0.3, -0.25) is 15.0 Å². The molecule has 0 saturated heterocycles. The zero-order chi connectivity index (χ0) is 30.7. The quantitative estimate of drug-likeness (QED) is 0.0523. The van der Waals surface area contributed by atoms with Crippen LogP contribution in [0.4, 0.5) is 0 Å². The molecule has 1 aromatic heterocycles. The molecule has 1 aliphatic rings. The zero-order valence-electron chi connectivity index (χ0n) is 25.1. The Labute approximate surface area is 250 Å². The topological polar surface area (TPSA) is 127 Å². The number of H-pyrrole nitrogens is 2. The Kier molecular flexibility index (Phi) is 15.4. The number of rotatable bonds is 20. The highest BCUT2D eigenvalue weighted by molar-refractivity contribution is 5.97. The highest BCUT2D eigenvalue weighted by atomic mass is 16.5. The van der Waals surface area contributed by atoms with Gasteiger partial charge in [0.2, 0.25) is 5.88 Å². The van der Waals surface area contributed by atoms with E-state index >= 15 is 0 Å². The van der Waals surface area contributed by atoms with Crippen molar-refractivity contribution < 1.29 is 9.84 Å². The van der Waals surface area contributed by atoms with Crippen molar-refractivity contribution in [1.29, 1.82) is 5.26 Å². The van der Waals surface area contributed by atoms with Gasteiger partial charge in [-0.25, -0.2) is 4.79 Å². The molecule has 0 aromatic carbocycles. The number of aromatic hydroxyl groups is 1. The molecule has 1 saturated carbocycles. The Bertz CT molecular complexity index is 1350. The maximum Gasteiger partial charge on any atom is 0.326 e. The number of aromatic amines is 2. The Morgan fingerprint density at radius 3 is 2.62 bits per heavy atom. The van der Waals surface area contributed by atoms with Gasteiger partial charge in [0.05, 0.1) is 18.6 Å². The second kappa shape index (κ2) is 19.0. The van der Waals surface area contributed by atoms with E-state index in [1.165, 1.54) is 12.8 Å². The molecule has 0 radical (unpaired) electrons. The van der Waals surface area contributed by atoms with Gasteiger partial charge in [-0.15, -0.1) is 5.73 Å². The molecule has 1 aliphatic carbocycles. The number of nitriles is 1. The largest absolute Gasteiger partial charge is 0.493 e. The number of nitrogens with one attached hydrogen (secondary N) is 2. The summed E-state index contributed by atoms with van der Waals surface area (Å²) in [5, 5.41) is 20.2. The summed E-state index contributed by atoms with van der Waals surface area (Å²) in [6, 6.07) is 2.50. The van der Waals surface area contributed by atoms with Gasteiger partial charge in [0.25, 0.3) is 0 Å². The van der Waals surface area contributed by atoms with Crippen LogP contribution in [0.3, 0.4) is 0 Å². The molecule has 0 amide bonds. The second-order valence-corrected chi connectivity index (χ2v) is 10.3. The van der Waals surface area contributed by atoms with E-state index in [9.17, 15) is 15.2 Å². The number of imidazole rings is 1. The third-order valence-electron chi connectivity index (χ3n) is 6.77. The van der Waals surface area contributed by atoms with Crippen LogP contribution in [0.25, 0.3) is 6.08 Å². The van der Waals surface area contributed by atoms with Gasteiger partial charge >= 0.3 is 5.69 Å². The molecule has 42 heavy (non-hydrogen) atoms. The Balaban J connectivity index is 2.27. The number of aromatic nitrogens is 2. The lowest BCUT2D eigenvalue weighted by atomic mass is 9.87. The summed E-state index contributed by atoms with van der Waals surface area (Å²) < 4.78 is 5.51. The number of hydrogen-bond acceptors (Lipinski definition) is 6. The molecule has 1 aromatic rings. The fraction of sp³-hybridized carbons (Fsp3) is 0.441. The molecule has 0 aliphatic heterocycles. The molecule has 1 heterocycles. The van der Waals surface area contributed by atoms with E-state index in [2.05, 4.69) is 65.6 Å². The summed E-state index contributed by atoms with van der Waals surface area (Å²) in [7, 11) is 1.62. The summed E-state index contributed by atoms with van der Waals surface area (Å²) in [5.41, 5.74) is 5.91. The number of aliphatic imine (C=N–C) groups is 2. The summed E-state index contributed by atoms with van der Waals surface area (Å²) in [5.74, 6) is 0.115. The fourth-order valence-corrected chi connectivity index (χ4v) is 4.30. The normalized spacial score (nSPS) is 15.1. The molecule has 0 spiro atoms. The van der Waals surface area contributed by atoms with Gasteiger partial charge in [0.15, 0.2) is 0 Å². The minimum absolute atomic E-state index is 0.209. The third-order valence-corrected chi connectivity index (χ3v) is 6.77. The van der Waals surface area contributed by atoms with Crippen molar-refractivity contribution in [2.75, 3.05) is 26.8 Å². The lowest BCUT2D eigenvalue weighted by Crippen LogP contribution is -2.09. The standard InChI is InChI=1S/C34H45N5O3/c1-6-12-31(37-17-10-8-9-11-19-42-18-7-2)21-29(28(23-35)16-15-27-13-14-27)20-25(3)26(4)30(24-36-5)22-32-33(40)39-34(41)38-32/h8-9,12,20,22,24,27-28,40H,1,3-4,7,10-11,13-19,21H2,2,5H3,(H2,38,39,41)/b9-8?,29-20+,30-22-,36-24?,37-31?. The number of nitrogens with zero attached hydrogens (tertiary/aromatic N) is 3. The highest BCUT2D eigenvalue weighted by Crippen LogP contribution is 2.36. The van der Waals surface area contributed by atoms with Crippen molar-refractivity contribution in [2.24, 2.45) is 21.8 Å². The van der Waals surface area contributed by atoms with E-state index in [-0.39, 0.29) is 17.5 Å². The van der Waals surface area contributed by atoms with Crippen LogP contribution in [0.15, 0.2) is 86.8 Å².